The number of hydrogen-bond acceptors (Lipinski definition) is 9. The van der Waals surface area contributed by atoms with E-state index in [0.717, 1.165) is 57.8 Å². The molecule has 0 bridgehead atoms. The minimum Gasteiger partial charge on any atom is -0.907 e. The number of aliphatic carboxylic acids is 3. The summed E-state index contributed by atoms with van der Waals surface area (Å²) < 4.78 is 0. The minimum absolute atomic E-state index is 0. The number of hydrogen-bond donors (Lipinski definition) is 0. The van der Waals surface area contributed by atoms with Gasteiger partial charge in [-0.1, -0.05) is 101 Å². The van der Waals surface area contributed by atoms with E-state index >= 15 is 0 Å². The Morgan fingerprint density at radius 3 is 0.698 bits per heavy atom. The second kappa shape index (κ2) is 34.7. The maximum Gasteiger partial charge on any atom is 2.00 e. The Bertz CT molecular complexity index is 548. The average Bonchev–Trinajstić information content (AvgIpc) is 2.70. The molecule has 0 aliphatic carbocycles. The normalized spacial score (nSPS) is 10.3. The third-order valence-corrected chi connectivity index (χ3v) is 5.42. The standard InChI is InChI=1S/3C10H20O2.BO3.3Co/c3*1-10(2,3)8-6-4-5-7-9(11)12;2-1(3)4;;;/h3*4-8H2,1-3H3,(H,11,12);;;;/q;;;-3;3*+2/p-3. The second-order valence-electron chi connectivity index (χ2n) is 13.8. The first-order valence-electron chi connectivity index (χ1n) is 14.6. The van der Waals surface area contributed by atoms with Gasteiger partial charge < -0.3 is 44.8 Å². The van der Waals surface area contributed by atoms with E-state index in [2.05, 4.69) is 62.3 Å². The van der Waals surface area contributed by atoms with Gasteiger partial charge in [0.1, 0.15) is 0 Å². The molecule has 3 radical (unpaired) electrons. The molecule has 0 N–H and O–H groups in total. The van der Waals surface area contributed by atoms with Crippen molar-refractivity contribution < 1.29 is 95.1 Å². The van der Waals surface area contributed by atoms with Crippen LogP contribution in [0.2, 0.25) is 0 Å². The predicted molar refractivity (Wildman–Crippen MR) is 148 cm³/mol. The van der Waals surface area contributed by atoms with E-state index in [9.17, 15) is 29.7 Å². The quantitative estimate of drug-likeness (QED) is 0.175. The molecule has 0 aromatic carbocycles. The molecule has 0 heterocycles. The summed E-state index contributed by atoms with van der Waals surface area (Å²) in [4.78, 5) is 30.1. The molecule has 0 unspecified atom stereocenters. The molecule has 43 heavy (non-hydrogen) atoms. The maximum atomic E-state index is 10.0. The molecule has 9 nitrogen and oxygen atoms in total. The van der Waals surface area contributed by atoms with Crippen LogP contribution >= 0.6 is 0 Å². The minimum atomic E-state index is -2.92. The van der Waals surface area contributed by atoms with Crippen LogP contribution < -0.4 is 30.4 Å². The fourth-order valence-corrected chi connectivity index (χ4v) is 3.30. The molecule has 261 valence electrons. The number of carbonyl (C=O) groups excluding carboxylic acids is 3. The van der Waals surface area contributed by atoms with Crippen LogP contribution in [0.3, 0.4) is 0 Å². The molecule has 0 aliphatic rings. The summed E-state index contributed by atoms with van der Waals surface area (Å²) in [6.07, 6.45) is 12.8. The zero-order chi connectivity index (χ0) is 32.4. The van der Waals surface area contributed by atoms with Gasteiger partial charge in [0.2, 0.25) is 0 Å². The zero-order valence-electron chi connectivity index (χ0n) is 27.9. The van der Waals surface area contributed by atoms with Gasteiger partial charge >= 0.3 is 50.3 Å². The van der Waals surface area contributed by atoms with Crippen molar-refractivity contribution in [1.29, 1.82) is 0 Å². The molecule has 13 heteroatoms. The van der Waals surface area contributed by atoms with Gasteiger partial charge in [0.15, 0.2) is 0 Å². The first-order valence-corrected chi connectivity index (χ1v) is 14.6. The Balaban J connectivity index is -0.0000000822. The van der Waals surface area contributed by atoms with Crippen molar-refractivity contribution in [2.24, 2.45) is 16.2 Å². The SMILES string of the molecule is CC(C)(C)CCCCCC(=O)[O-].CC(C)(C)CCCCCC(=O)[O-].CC(C)(C)CCCCCC(=O)[O-].[Co+2].[Co+2].[Co+2].[O-]B([O-])[O-]. The summed E-state index contributed by atoms with van der Waals surface area (Å²) in [6.45, 7) is 19.8. The largest absolute Gasteiger partial charge is 2.00 e. The van der Waals surface area contributed by atoms with Gasteiger partial charge in [-0.05, 0) is 74.0 Å². The summed E-state index contributed by atoms with van der Waals surface area (Å²) in [5.74, 6) is -2.78. The van der Waals surface area contributed by atoms with E-state index in [1.165, 1.54) is 19.3 Å². The second-order valence-corrected chi connectivity index (χ2v) is 13.8. The van der Waals surface area contributed by atoms with Crippen LogP contribution in [0.4, 0.5) is 0 Å². The Hall–Kier alpha value is -0.126. The first kappa shape index (κ1) is 58.4. The smallest absolute Gasteiger partial charge is 0.907 e. The number of unbranched alkanes of at least 4 members (excludes halogenated alkanes) is 6. The van der Waals surface area contributed by atoms with E-state index in [4.69, 9.17) is 15.1 Å². The number of rotatable bonds is 15. The van der Waals surface area contributed by atoms with Crippen LogP contribution in [0.15, 0.2) is 0 Å². The van der Waals surface area contributed by atoms with E-state index in [0.29, 0.717) is 16.2 Å². The summed E-state index contributed by atoms with van der Waals surface area (Å²) >= 11 is 0. The van der Waals surface area contributed by atoms with Crippen molar-refractivity contribution in [3.8, 4) is 0 Å². The Morgan fingerprint density at radius 2 is 0.581 bits per heavy atom. The van der Waals surface area contributed by atoms with Gasteiger partial charge in [-0.2, -0.15) is 0 Å². The third-order valence-electron chi connectivity index (χ3n) is 5.42. The topological polar surface area (TPSA) is 190 Å². The monoisotopic (exact) mass is 749 g/mol. The summed E-state index contributed by atoms with van der Waals surface area (Å²) in [5, 5.41) is 55.4. The molecule has 0 aliphatic heterocycles. The van der Waals surface area contributed by atoms with Crippen LogP contribution in [-0.2, 0) is 64.7 Å². The Kier molecular flexibility index (Phi) is 47.2. The van der Waals surface area contributed by atoms with Gasteiger partial charge in [-0.15, -0.1) is 0 Å². The molecule has 0 rings (SSSR count). The summed E-state index contributed by atoms with van der Waals surface area (Å²) in [6, 6.07) is 0. The van der Waals surface area contributed by atoms with Gasteiger partial charge in [0, 0.05) is 17.9 Å². The fraction of sp³-hybridized carbons (Fsp3) is 0.900. The summed E-state index contributed by atoms with van der Waals surface area (Å²) in [7, 11) is -2.92. The number of carboxylic acid groups (broad SMARTS) is 3. The van der Waals surface area contributed by atoms with Gasteiger partial charge in [-0.3, -0.25) is 7.32 Å². The molecule has 0 amide bonds. The van der Waals surface area contributed by atoms with Gasteiger partial charge in [0.25, 0.3) is 0 Å². The first-order chi connectivity index (χ1) is 18.0. The Labute approximate surface area is 293 Å². The molecule has 0 saturated carbocycles. The van der Waals surface area contributed by atoms with Crippen LogP contribution in [0.1, 0.15) is 159 Å². The van der Waals surface area contributed by atoms with Crippen LogP contribution in [0.25, 0.3) is 0 Å². The maximum absolute atomic E-state index is 10.0. The van der Waals surface area contributed by atoms with Crippen LogP contribution in [-0.4, -0.2) is 25.2 Å². The Morgan fingerprint density at radius 1 is 0.419 bits per heavy atom. The average molecular weight is 749 g/mol. The van der Waals surface area contributed by atoms with E-state index < -0.39 is 25.2 Å². The van der Waals surface area contributed by atoms with Gasteiger partial charge in [-0.25, -0.2) is 0 Å². The molecule has 0 fully saturated rings. The van der Waals surface area contributed by atoms with E-state index in [1.807, 2.05) is 0 Å². The molecular weight excluding hydrogens is 692 g/mol. The van der Waals surface area contributed by atoms with Crippen molar-refractivity contribution >= 4 is 25.2 Å². The zero-order valence-corrected chi connectivity index (χ0v) is 31.0. The molecule has 0 saturated heterocycles. The van der Waals surface area contributed by atoms with E-state index in [1.54, 1.807) is 0 Å². The van der Waals surface area contributed by atoms with Crippen molar-refractivity contribution in [3.05, 3.63) is 0 Å². The third kappa shape index (κ3) is 92.2. The molecule has 0 aromatic rings. The van der Waals surface area contributed by atoms with Crippen molar-refractivity contribution in [2.45, 2.75) is 159 Å². The molecule has 0 aromatic heterocycles. The number of carbonyl (C=O) groups is 3. The van der Waals surface area contributed by atoms with Crippen LogP contribution in [0.5, 0.6) is 0 Å². The van der Waals surface area contributed by atoms with Crippen LogP contribution in [0, 0.1) is 16.2 Å². The van der Waals surface area contributed by atoms with Crippen molar-refractivity contribution in [1.82, 2.24) is 0 Å². The fourth-order valence-electron chi connectivity index (χ4n) is 3.30. The predicted octanol–water partition coefficient (Wildman–Crippen LogP) is 1.24. The van der Waals surface area contributed by atoms with E-state index in [-0.39, 0.29) is 69.6 Å². The molecule has 0 spiro atoms. The summed E-state index contributed by atoms with van der Waals surface area (Å²) in [5.41, 5.74) is 1.13. The molecular formula is C30H57BCo3O9. The molecule has 0 atom stereocenters. The van der Waals surface area contributed by atoms with Gasteiger partial charge in [0.05, 0.1) is 0 Å². The van der Waals surface area contributed by atoms with Crippen molar-refractivity contribution in [3.63, 3.8) is 0 Å². The number of carboxylic acids is 3. The van der Waals surface area contributed by atoms with Crippen molar-refractivity contribution in [2.75, 3.05) is 0 Å².